The van der Waals surface area contributed by atoms with Crippen LogP contribution in [0.2, 0.25) is 12.1 Å². The molecule has 0 aliphatic heterocycles. The molecule has 4 heteroatoms. The summed E-state index contributed by atoms with van der Waals surface area (Å²) >= 11 is 0. The van der Waals surface area contributed by atoms with Crippen LogP contribution in [0.25, 0.3) is 0 Å². The maximum atomic E-state index is 5.37. The molecule has 0 saturated heterocycles. The lowest BCUT2D eigenvalue weighted by atomic mass is 10.8. The molecule has 0 fully saturated rings. The zero-order valence-corrected chi connectivity index (χ0v) is 9.89. The Morgan fingerprint density at radius 3 is 1.60 bits per heavy atom. The van der Waals surface area contributed by atoms with Gasteiger partial charge in [0.25, 0.3) is 0 Å². The smallest absolute Gasteiger partial charge is 0.161 e. The fourth-order valence-electron chi connectivity index (χ4n) is 0.611. The summed E-state index contributed by atoms with van der Waals surface area (Å²) in [6, 6.07) is 2.48. The van der Waals surface area contributed by atoms with Crippen LogP contribution < -0.4 is 0 Å². The van der Waals surface area contributed by atoms with E-state index >= 15 is 0 Å². The first kappa shape index (κ1) is 10.4. The Kier molecular flexibility index (Phi) is 9.68. The summed E-state index contributed by atoms with van der Waals surface area (Å²) in [5, 5.41) is 0. The minimum Gasteiger partial charge on any atom is -0.422 e. The monoisotopic (exact) mass is 178 g/mol. The molecule has 0 aliphatic rings. The lowest BCUT2D eigenvalue weighted by Crippen LogP contribution is -2.08. The van der Waals surface area contributed by atoms with Gasteiger partial charge < -0.3 is 8.85 Å². The van der Waals surface area contributed by atoms with Crippen LogP contribution in [0, 0.1) is 0 Å². The largest absolute Gasteiger partial charge is 0.422 e. The molecule has 0 bridgehead atoms. The predicted molar refractivity (Wildman–Crippen MR) is 50.0 cm³/mol. The van der Waals surface area contributed by atoms with Crippen LogP contribution in [0.15, 0.2) is 0 Å². The average molecular weight is 178 g/mol. The Morgan fingerprint density at radius 2 is 1.30 bits per heavy atom. The van der Waals surface area contributed by atoms with E-state index in [0.717, 1.165) is 13.2 Å². The van der Waals surface area contributed by atoms with Gasteiger partial charge in [0.15, 0.2) is 19.5 Å². The van der Waals surface area contributed by atoms with Gasteiger partial charge in [0.1, 0.15) is 0 Å². The summed E-state index contributed by atoms with van der Waals surface area (Å²) < 4.78 is 10.7. The van der Waals surface area contributed by atoms with Crippen molar-refractivity contribution in [2.24, 2.45) is 0 Å². The average Bonchev–Trinajstić information content (AvgIpc) is 1.97. The van der Waals surface area contributed by atoms with Gasteiger partial charge in [-0.1, -0.05) is 13.8 Å². The Morgan fingerprint density at radius 1 is 0.900 bits per heavy atom. The third-order valence-electron chi connectivity index (χ3n) is 1.07. The van der Waals surface area contributed by atoms with Crippen molar-refractivity contribution in [2.45, 2.75) is 25.9 Å². The highest BCUT2D eigenvalue weighted by atomic mass is 28.2. The molecular formula is C6H18O2Si2. The van der Waals surface area contributed by atoms with E-state index in [2.05, 4.69) is 13.8 Å². The SMILES string of the molecule is CC[SiH2]OCCO[SiH2]CC. The Balaban J connectivity index is 2.65. The van der Waals surface area contributed by atoms with Crippen molar-refractivity contribution in [3.05, 3.63) is 0 Å². The molecule has 62 valence electrons. The zero-order valence-electron chi connectivity index (χ0n) is 7.06. The molecule has 10 heavy (non-hydrogen) atoms. The predicted octanol–water partition coefficient (Wildman–Crippen LogP) is 0.0636. The molecule has 0 rings (SSSR count). The van der Waals surface area contributed by atoms with Crippen molar-refractivity contribution in [1.29, 1.82) is 0 Å². The fourth-order valence-corrected chi connectivity index (χ4v) is 1.83. The summed E-state index contributed by atoms with van der Waals surface area (Å²) in [6.07, 6.45) is 0. The van der Waals surface area contributed by atoms with Crippen molar-refractivity contribution in [2.75, 3.05) is 13.2 Å². The molecule has 0 N–H and O–H groups in total. The van der Waals surface area contributed by atoms with Crippen LogP contribution in [-0.2, 0) is 8.85 Å². The van der Waals surface area contributed by atoms with E-state index in [1.807, 2.05) is 0 Å². The van der Waals surface area contributed by atoms with Gasteiger partial charge in [-0.2, -0.15) is 0 Å². The second kappa shape index (κ2) is 9.35. The van der Waals surface area contributed by atoms with Gasteiger partial charge in [-0.25, -0.2) is 0 Å². The van der Waals surface area contributed by atoms with E-state index < -0.39 is 0 Å². The third-order valence-corrected chi connectivity index (χ3v) is 3.04. The molecule has 0 heterocycles. The van der Waals surface area contributed by atoms with Gasteiger partial charge in [0.2, 0.25) is 0 Å². The van der Waals surface area contributed by atoms with Crippen LogP contribution in [0.5, 0.6) is 0 Å². The quantitative estimate of drug-likeness (QED) is 0.406. The Labute approximate surface area is 68.2 Å². The van der Waals surface area contributed by atoms with Gasteiger partial charge in [-0.05, 0) is 12.1 Å². The number of hydrogen-bond donors (Lipinski definition) is 0. The normalized spacial score (nSPS) is 12.6. The van der Waals surface area contributed by atoms with Crippen molar-refractivity contribution < 1.29 is 8.85 Å². The van der Waals surface area contributed by atoms with E-state index in [1.54, 1.807) is 0 Å². The standard InChI is InChI=1S/C6H18O2Si2/c1-3-9-7-5-6-8-10-4-2/h3-6,9-10H2,1-2H3. The lowest BCUT2D eigenvalue weighted by Gasteiger charge is -2.02. The van der Waals surface area contributed by atoms with Gasteiger partial charge >= 0.3 is 0 Å². The molecule has 0 radical (unpaired) electrons. The molecule has 0 aromatic carbocycles. The molecule has 0 aliphatic carbocycles. The first-order chi connectivity index (χ1) is 4.91. The van der Waals surface area contributed by atoms with Gasteiger partial charge in [0.05, 0.1) is 13.2 Å². The van der Waals surface area contributed by atoms with E-state index in [1.165, 1.54) is 12.1 Å². The summed E-state index contributed by atoms with van der Waals surface area (Å²) in [5.74, 6) is 0. The molecule has 0 unspecified atom stereocenters. The molecule has 2 nitrogen and oxygen atoms in total. The minimum absolute atomic E-state index is 0.177. The van der Waals surface area contributed by atoms with Crippen LogP contribution in [0.3, 0.4) is 0 Å². The van der Waals surface area contributed by atoms with Crippen molar-refractivity contribution in [1.82, 2.24) is 0 Å². The number of rotatable bonds is 7. The molecule has 0 saturated carbocycles. The van der Waals surface area contributed by atoms with Gasteiger partial charge in [-0.15, -0.1) is 0 Å². The van der Waals surface area contributed by atoms with E-state index in [0.29, 0.717) is 0 Å². The van der Waals surface area contributed by atoms with E-state index in [9.17, 15) is 0 Å². The third kappa shape index (κ3) is 8.35. The van der Waals surface area contributed by atoms with Crippen molar-refractivity contribution >= 4 is 19.5 Å². The van der Waals surface area contributed by atoms with E-state index in [-0.39, 0.29) is 19.5 Å². The second-order valence-corrected chi connectivity index (χ2v) is 5.86. The van der Waals surface area contributed by atoms with Gasteiger partial charge in [0, 0.05) is 0 Å². The molecule has 0 spiro atoms. The van der Waals surface area contributed by atoms with Crippen LogP contribution in [0.4, 0.5) is 0 Å². The Hall–Kier alpha value is 0.354. The molecule has 0 aromatic heterocycles. The van der Waals surface area contributed by atoms with Crippen molar-refractivity contribution in [3.8, 4) is 0 Å². The fraction of sp³-hybridized carbons (Fsp3) is 1.00. The van der Waals surface area contributed by atoms with E-state index in [4.69, 9.17) is 8.85 Å². The summed E-state index contributed by atoms with van der Waals surface area (Å²) in [5.41, 5.74) is 0. The highest BCUT2D eigenvalue weighted by Gasteiger charge is 1.86. The maximum Gasteiger partial charge on any atom is 0.161 e. The van der Waals surface area contributed by atoms with Crippen molar-refractivity contribution in [3.63, 3.8) is 0 Å². The maximum absolute atomic E-state index is 5.37. The minimum atomic E-state index is -0.177. The highest BCUT2D eigenvalue weighted by Crippen LogP contribution is 1.80. The summed E-state index contributed by atoms with van der Waals surface area (Å²) in [6.45, 7) is 6.03. The first-order valence-electron chi connectivity index (χ1n) is 4.07. The second-order valence-electron chi connectivity index (χ2n) is 2.22. The molecule has 0 atom stereocenters. The molecular weight excluding hydrogens is 160 g/mol. The lowest BCUT2D eigenvalue weighted by molar-refractivity contribution is 0.230. The van der Waals surface area contributed by atoms with Gasteiger partial charge in [-0.3, -0.25) is 0 Å². The summed E-state index contributed by atoms with van der Waals surface area (Å²) in [4.78, 5) is 0. The summed E-state index contributed by atoms with van der Waals surface area (Å²) in [7, 11) is -0.354. The Bertz CT molecular complexity index is 53.7. The molecule has 0 aromatic rings. The van der Waals surface area contributed by atoms with Crippen LogP contribution >= 0.6 is 0 Å². The van der Waals surface area contributed by atoms with Crippen LogP contribution in [-0.4, -0.2) is 32.7 Å². The zero-order chi connectivity index (χ0) is 7.66. The topological polar surface area (TPSA) is 18.5 Å². The first-order valence-corrected chi connectivity index (χ1v) is 7.22. The highest BCUT2D eigenvalue weighted by molar-refractivity contribution is 6.27. The number of hydrogen-bond acceptors (Lipinski definition) is 2. The molecule has 0 amide bonds. The van der Waals surface area contributed by atoms with Crippen LogP contribution in [0.1, 0.15) is 13.8 Å².